The Bertz CT molecular complexity index is 481. The number of hydrogen-bond donors (Lipinski definition) is 0. The van der Waals surface area contributed by atoms with E-state index in [1.54, 1.807) is 0 Å². The molecule has 1 heterocycles. The van der Waals surface area contributed by atoms with Crippen LogP contribution in [0.25, 0.3) is 11.0 Å². The lowest BCUT2D eigenvalue weighted by Gasteiger charge is -1.92. The van der Waals surface area contributed by atoms with Crippen LogP contribution in [0.4, 0.5) is 5.69 Å². The molecule has 0 amide bonds. The Morgan fingerprint density at radius 3 is 2.62 bits per heavy atom. The lowest BCUT2D eigenvalue weighted by Crippen LogP contribution is -1.88. The molecule has 0 aliphatic rings. The number of nitro groups is 1. The van der Waals surface area contributed by atoms with Crippen LogP contribution in [0.3, 0.4) is 0 Å². The first-order chi connectivity index (χ1) is 6.18. The van der Waals surface area contributed by atoms with E-state index in [0.717, 1.165) is 0 Å². The van der Waals surface area contributed by atoms with Gasteiger partial charge < -0.3 is 0 Å². The van der Waals surface area contributed by atoms with Crippen molar-refractivity contribution >= 4 is 32.7 Å². The fourth-order valence-corrected chi connectivity index (χ4v) is 1.41. The van der Waals surface area contributed by atoms with E-state index in [1.165, 1.54) is 12.1 Å². The summed E-state index contributed by atoms with van der Waals surface area (Å²) in [7, 11) is 0. The van der Waals surface area contributed by atoms with Crippen LogP contribution in [0.5, 0.6) is 0 Å². The zero-order valence-electron chi connectivity index (χ0n) is 6.10. The minimum absolute atomic E-state index is 0.0526. The maximum absolute atomic E-state index is 10.5. The van der Waals surface area contributed by atoms with Crippen molar-refractivity contribution in [3.05, 3.63) is 26.7 Å². The highest BCUT2D eigenvalue weighted by molar-refractivity contribution is 9.10. The topological polar surface area (TPSA) is 82.1 Å². The number of fused-ring (bicyclic) bond motifs is 1. The Balaban J connectivity index is 2.76. The molecule has 0 bridgehead atoms. The molecule has 7 heteroatoms. The van der Waals surface area contributed by atoms with Gasteiger partial charge in [0.05, 0.1) is 9.40 Å². The van der Waals surface area contributed by atoms with Crippen molar-refractivity contribution in [2.24, 2.45) is 0 Å². The molecule has 0 fully saturated rings. The Labute approximate surface area is 79.8 Å². The lowest BCUT2D eigenvalue weighted by molar-refractivity contribution is -0.385. The number of hydrogen-bond acceptors (Lipinski definition) is 5. The van der Waals surface area contributed by atoms with Gasteiger partial charge in [-0.15, -0.1) is 0 Å². The highest BCUT2D eigenvalue weighted by Gasteiger charge is 2.15. The van der Waals surface area contributed by atoms with Gasteiger partial charge in [0.2, 0.25) is 0 Å². The first-order valence-electron chi connectivity index (χ1n) is 3.24. The molecule has 0 unspecified atom stereocenters. The van der Waals surface area contributed by atoms with E-state index in [0.29, 0.717) is 15.5 Å². The Morgan fingerprint density at radius 2 is 2.00 bits per heavy atom. The van der Waals surface area contributed by atoms with Gasteiger partial charge in [0.1, 0.15) is 11.0 Å². The van der Waals surface area contributed by atoms with Crippen molar-refractivity contribution in [3.8, 4) is 0 Å². The molecule has 0 radical (unpaired) electrons. The van der Waals surface area contributed by atoms with Crippen LogP contribution in [-0.4, -0.2) is 15.2 Å². The zero-order valence-corrected chi connectivity index (χ0v) is 7.69. The predicted molar refractivity (Wildman–Crippen MR) is 46.2 cm³/mol. The molecule has 0 N–H and O–H groups in total. The monoisotopic (exact) mass is 243 g/mol. The molecule has 0 aliphatic carbocycles. The van der Waals surface area contributed by atoms with Crippen LogP contribution in [0.1, 0.15) is 0 Å². The van der Waals surface area contributed by atoms with Gasteiger partial charge >= 0.3 is 0 Å². The minimum atomic E-state index is -0.502. The summed E-state index contributed by atoms with van der Waals surface area (Å²) in [5.41, 5.74) is 0.801. The summed E-state index contributed by atoms with van der Waals surface area (Å²) in [5, 5.41) is 17.5. The van der Waals surface area contributed by atoms with Crippen LogP contribution in [-0.2, 0) is 0 Å². The average molecular weight is 244 g/mol. The maximum Gasteiger partial charge on any atom is 0.285 e. The van der Waals surface area contributed by atoms with Gasteiger partial charge in [-0.1, -0.05) is 0 Å². The number of rotatable bonds is 1. The van der Waals surface area contributed by atoms with Gasteiger partial charge in [-0.05, 0) is 32.3 Å². The van der Waals surface area contributed by atoms with Crippen molar-refractivity contribution in [2.45, 2.75) is 0 Å². The van der Waals surface area contributed by atoms with Gasteiger partial charge in [0, 0.05) is 6.07 Å². The third-order valence-electron chi connectivity index (χ3n) is 1.52. The van der Waals surface area contributed by atoms with E-state index in [1.807, 2.05) is 0 Å². The van der Waals surface area contributed by atoms with Crippen LogP contribution >= 0.6 is 15.9 Å². The normalized spacial score (nSPS) is 10.5. The van der Waals surface area contributed by atoms with Crippen molar-refractivity contribution in [2.75, 3.05) is 0 Å². The van der Waals surface area contributed by atoms with Crippen molar-refractivity contribution in [1.29, 1.82) is 0 Å². The number of benzene rings is 1. The summed E-state index contributed by atoms with van der Waals surface area (Å²) in [5.74, 6) is 0. The molecule has 0 spiro atoms. The Kier molecular flexibility index (Phi) is 1.73. The largest absolute Gasteiger partial charge is 0.285 e. The van der Waals surface area contributed by atoms with Crippen LogP contribution in [0, 0.1) is 10.1 Å². The second-order valence-corrected chi connectivity index (χ2v) is 3.17. The van der Waals surface area contributed by atoms with Gasteiger partial charge in [0.15, 0.2) is 0 Å². The second kappa shape index (κ2) is 2.77. The van der Waals surface area contributed by atoms with Gasteiger partial charge in [0.25, 0.3) is 5.69 Å². The van der Waals surface area contributed by atoms with E-state index < -0.39 is 4.92 Å². The number of halogens is 1. The molecule has 13 heavy (non-hydrogen) atoms. The standard InChI is InChI=1S/C6H2BrN3O3/c7-3-1-4-5(9-13-8-4)2-6(3)10(11)12/h1-2H. The number of aromatic nitrogens is 2. The van der Waals surface area contributed by atoms with Gasteiger partial charge in [-0.25, -0.2) is 4.63 Å². The fourth-order valence-electron chi connectivity index (χ4n) is 0.935. The first-order valence-corrected chi connectivity index (χ1v) is 4.04. The summed E-state index contributed by atoms with van der Waals surface area (Å²) < 4.78 is 4.77. The summed E-state index contributed by atoms with van der Waals surface area (Å²) in [4.78, 5) is 9.98. The molecule has 1 aromatic carbocycles. The molecule has 0 saturated carbocycles. The summed E-state index contributed by atoms with van der Waals surface area (Å²) in [6, 6.07) is 2.79. The maximum atomic E-state index is 10.5. The summed E-state index contributed by atoms with van der Waals surface area (Å²) in [6.07, 6.45) is 0. The molecule has 0 atom stereocenters. The molecule has 2 aromatic rings. The van der Waals surface area contributed by atoms with Crippen molar-refractivity contribution < 1.29 is 9.55 Å². The smallest absolute Gasteiger partial charge is 0.258 e. The van der Waals surface area contributed by atoms with Crippen LogP contribution < -0.4 is 0 Å². The van der Waals surface area contributed by atoms with E-state index >= 15 is 0 Å². The SMILES string of the molecule is O=[N+]([O-])c1cc2nonc2cc1Br. The number of nitrogens with zero attached hydrogens (tertiary/aromatic N) is 3. The summed E-state index contributed by atoms with van der Waals surface area (Å²) in [6.45, 7) is 0. The van der Waals surface area contributed by atoms with E-state index in [4.69, 9.17) is 0 Å². The quantitative estimate of drug-likeness (QED) is 0.565. The Hall–Kier alpha value is -1.50. The van der Waals surface area contributed by atoms with E-state index in [2.05, 4.69) is 30.9 Å². The zero-order chi connectivity index (χ0) is 9.42. The van der Waals surface area contributed by atoms with Crippen molar-refractivity contribution in [1.82, 2.24) is 10.3 Å². The third-order valence-corrected chi connectivity index (χ3v) is 2.15. The Morgan fingerprint density at radius 1 is 1.38 bits per heavy atom. The van der Waals surface area contributed by atoms with Crippen molar-refractivity contribution in [3.63, 3.8) is 0 Å². The fraction of sp³-hybridized carbons (Fsp3) is 0. The molecule has 1 aromatic heterocycles. The predicted octanol–water partition coefficient (Wildman–Crippen LogP) is 1.89. The molecular weight excluding hydrogens is 242 g/mol. The minimum Gasteiger partial charge on any atom is -0.258 e. The molecule has 0 aliphatic heterocycles. The van der Waals surface area contributed by atoms with Gasteiger partial charge in [-0.2, -0.15) is 0 Å². The first kappa shape index (κ1) is 8.11. The molecule has 66 valence electrons. The summed E-state index contributed by atoms with van der Waals surface area (Å²) >= 11 is 3.05. The lowest BCUT2D eigenvalue weighted by atomic mass is 10.3. The van der Waals surface area contributed by atoms with Gasteiger partial charge in [-0.3, -0.25) is 10.1 Å². The highest BCUT2D eigenvalue weighted by atomic mass is 79.9. The highest BCUT2D eigenvalue weighted by Crippen LogP contribution is 2.28. The number of nitro benzene ring substituents is 1. The molecule has 0 saturated heterocycles. The van der Waals surface area contributed by atoms with E-state index in [9.17, 15) is 10.1 Å². The van der Waals surface area contributed by atoms with Crippen LogP contribution in [0.2, 0.25) is 0 Å². The van der Waals surface area contributed by atoms with Crippen LogP contribution in [0.15, 0.2) is 21.2 Å². The van der Waals surface area contributed by atoms with E-state index in [-0.39, 0.29) is 5.69 Å². The molecule has 2 rings (SSSR count). The average Bonchev–Trinajstić information content (AvgIpc) is 2.48. The second-order valence-electron chi connectivity index (χ2n) is 2.31. The molecular formula is C6H2BrN3O3. The third kappa shape index (κ3) is 1.26. The molecule has 6 nitrogen and oxygen atoms in total.